The van der Waals surface area contributed by atoms with Gasteiger partial charge in [-0.15, -0.1) is 0 Å². The third kappa shape index (κ3) is 5.92. The molecule has 0 saturated carbocycles. The van der Waals surface area contributed by atoms with Crippen molar-refractivity contribution in [2.24, 2.45) is 0 Å². The molecule has 2 aromatic carbocycles. The first kappa shape index (κ1) is 22.5. The number of rotatable bonds is 7. The summed E-state index contributed by atoms with van der Waals surface area (Å²) in [6.45, 7) is 7.29. The van der Waals surface area contributed by atoms with Gasteiger partial charge in [-0.1, -0.05) is 31.2 Å². The van der Waals surface area contributed by atoms with Crippen LogP contribution in [0, 0.1) is 0 Å². The van der Waals surface area contributed by atoms with Crippen LogP contribution < -0.4 is 10.6 Å². The monoisotopic (exact) mass is 422 g/mol. The number of carbonyl (C=O) groups is 3. The van der Waals surface area contributed by atoms with Crippen LogP contribution in [-0.4, -0.2) is 53.2 Å². The van der Waals surface area contributed by atoms with Crippen molar-refractivity contribution in [3.8, 4) is 0 Å². The zero-order valence-corrected chi connectivity index (χ0v) is 18.4. The van der Waals surface area contributed by atoms with Gasteiger partial charge in [-0.25, -0.2) is 0 Å². The van der Waals surface area contributed by atoms with Gasteiger partial charge in [0.2, 0.25) is 17.7 Å². The molecule has 0 aliphatic carbocycles. The summed E-state index contributed by atoms with van der Waals surface area (Å²) in [6, 6.07) is 14.8. The summed E-state index contributed by atoms with van der Waals surface area (Å²) >= 11 is 0. The minimum absolute atomic E-state index is 0.0452. The Morgan fingerprint density at radius 2 is 1.61 bits per heavy atom. The normalized spacial score (nSPS) is 14.0. The van der Waals surface area contributed by atoms with E-state index >= 15 is 0 Å². The molecule has 0 aromatic heterocycles. The molecule has 0 fully saturated rings. The number of benzene rings is 2. The summed E-state index contributed by atoms with van der Waals surface area (Å²) < 4.78 is 0. The van der Waals surface area contributed by atoms with Crippen molar-refractivity contribution >= 4 is 29.1 Å². The van der Waals surface area contributed by atoms with E-state index in [2.05, 4.69) is 22.8 Å². The fourth-order valence-corrected chi connectivity index (χ4v) is 3.85. The van der Waals surface area contributed by atoms with Crippen LogP contribution in [0.2, 0.25) is 0 Å². The third-order valence-electron chi connectivity index (χ3n) is 5.59. The zero-order valence-electron chi connectivity index (χ0n) is 18.4. The van der Waals surface area contributed by atoms with Crippen molar-refractivity contribution in [3.63, 3.8) is 0 Å². The maximum atomic E-state index is 13.1. The molecule has 1 heterocycles. The molecular formula is C24H30N4O3. The Morgan fingerprint density at radius 3 is 2.23 bits per heavy atom. The van der Waals surface area contributed by atoms with Gasteiger partial charge in [0.25, 0.3) is 0 Å². The average Bonchev–Trinajstić information content (AvgIpc) is 2.77. The number of nitrogens with zero attached hydrogens (tertiary/aromatic N) is 2. The molecule has 3 rings (SSSR count). The number of fused-ring (bicyclic) bond motifs is 1. The van der Waals surface area contributed by atoms with Crippen molar-refractivity contribution in [1.29, 1.82) is 0 Å². The highest BCUT2D eigenvalue weighted by Crippen LogP contribution is 2.20. The summed E-state index contributed by atoms with van der Waals surface area (Å²) in [5.41, 5.74) is 3.80. The number of hydrogen-bond acceptors (Lipinski definition) is 4. The Hall–Kier alpha value is -3.19. The highest BCUT2D eigenvalue weighted by molar-refractivity contribution is 5.93. The van der Waals surface area contributed by atoms with Gasteiger partial charge in [0, 0.05) is 31.4 Å². The van der Waals surface area contributed by atoms with Crippen LogP contribution in [0.25, 0.3) is 0 Å². The molecule has 1 aliphatic heterocycles. The van der Waals surface area contributed by atoms with Gasteiger partial charge in [-0.3, -0.25) is 19.3 Å². The fraction of sp³-hybridized carbons (Fsp3) is 0.375. The first-order chi connectivity index (χ1) is 14.9. The van der Waals surface area contributed by atoms with Crippen molar-refractivity contribution in [1.82, 2.24) is 9.80 Å². The minimum atomic E-state index is -0.386. The summed E-state index contributed by atoms with van der Waals surface area (Å²) in [4.78, 5) is 40.5. The van der Waals surface area contributed by atoms with Crippen molar-refractivity contribution in [3.05, 3.63) is 59.7 Å². The lowest BCUT2D eigenvalue weighted by Crippen LogP contribution is -2.50. The van der Waals surface area contributed by atoms with E-state index in [0.29, 0.717) is 31.0 Å². The number of nitrogens with one attached hydrogen (secondary N) is 2. The Balaban J connectivity index is 1.56. The van der Waals surface area contributed by atoms with Crippen LogP contribution in [0.3, 0.4) is 0 Å². The summed E-state index contributed by atoms with van der Waals surface area (Å²) in [5, 5.41) is 5.54. The van der Waals surface area contributed by atoms with Crippen molar-refractivity contribution < 1.29 is 14.4 Å². The molecule has 31 heavy (non-hydrogen) atoms. The standard InChI is InChI=1S/C24H30N4O3/c1-4-27(16-23(30)26-22-11-9-21(10-12-22)25-18(3)29)17(2)24(31)28-14-13-19-7-5-6-8-20(19)15-28/h5-12,17H,4,13-16H2,1-3H3,(H,25,29)(H,26,30)/t17-/m1/s1. The van der Waals surface area contributed by atoms with Gasteiger partial charge >= 0.3 is 0 Å². The second kappa shape index (κ2) is 10.2. The smallest absolute Gasteiger partial charge is 0.239 e. The molecular weight excluding hydrogens is 392 g/mol. The molecule has 7 nitrogen and oxygen atoms in total. The van der Waals surface area contributed by atoms with Gasteiger partial charge in [0.05, 0.1) is 12.6 Å². The largest absolute Gasteiger partial charge is 0.337 e. The predicted molar refractivity (Wildman–Crippen MR) is 122 cm³/mol. The van der Waals surface area contributed by atoms with Gasteiger partial charge < -0.3 is 15.5 Å². The van der Waals surface area contributed by atoms with Crippen LogP contribution in [0.15, 0.2) is 48.5 Å². The van der Waals surface area contributed by atoms with E-state index in [9.17, 15) is 14.4 Å². The summed E-state index contributed by atoms with van der Waals surface area (Å²) in [6.07, 6.45) is 0.857. The zero-order chi connectivity index (χ0) is 22.4. The van der Waals surface area contributed by atoms with E-state index in [0.717, 1.165) is 6.42 Å². The highest BCUT2D eigenvalue weighted by Gasteiger charge is 2.28. The first-order valence-electron chi connectivity index (χ1n) is 10.6. The van der Waals surface area contributed by atoms with E-state index in [1.54, 1.807) is 24.3 Å². The molecule has 0 unspecified atom stereocenters. The Bertz CT molecular complexity index is 942. The molecule has 0 saturated heterocycles. The van der Waals surface area contributed by atoms with E-state index in [1.165, 1.54) is 18.1 Å². The van der Waals surface area contributed by atoms with Gasteiger partial charge in [0.15, 0.2) is 0 Å². The number of anilines is 2. The summed E-state index contributed by atoms with van der Waals surface area (Å²) in [7, 11) is 0. The molecule has 2 aromatic rings. The molecule has 3 amide bonds. The van der Waals surface area contributed by atoms with Crippen LogP contribution in [-0.2, 0) is 27.3 Å². The molecule has 0 radical (unpaired) electrons. The molecule has 2 N–H and O–H groups in total. The summed E-state index contributed by atoms with van der Waals surface area (Å²) in [5.74, 6) is -0.284. The topological polar surface area (TPSA) is 81.8 Å². The van der Waals surface area contributed by atoms with E-state index in [1.807, 2.05) is 35.8 Å². The molecule has 7 heteroatoms. The molecule has 1 aliphatic rings. The van der Waals surface area contributed by atoms with Gasteiger partial charge in [-0.2, -0.15) is 0 Å². The second-order valence-electron chi connectivity index (χ2n) is 7.82. The van der Waals surface area contributed by atoms with Crippen LogP contribution in [0.4, 0.5) is 11.4 Å². The number of amides is 3. The number of carbonyl (C=O) groups excluding carboxylic acids is 3. The quantitative estimate of drug-likeness (QED) is 0.719. The van der Waals surface area contributed by atoms with Gasteiger partial charge in [0.1, 0.15) is 0 Å². The van der Waals surface area contributed by atoms with Crippen molar-refractivity contribution in [2.45, 2.75) is 39.8 Å². The SMILES string of the molecule is CCN(CC(=O)Nc1ccc(NC(C)=O)cc1)[C@H](C)C(=O)N1CCc2ccccc2C1. The van der Waals surface area contributed by atoms with E-state index in [-0.39, 0.29) is 30.3 Å². The minimum Gasteiger partial charge on any atom is -0.337 e. The fourth-order valence-electron chi connectivity index (χ4n) is 3.85. The lowest BCUT2D eigenvalue weighted by Gasteiger charge is -2.34. The second-order valence-corrected chi connectivity index (χ2v) is 7.82. The van der Waals surface area contributed by atoms with Gasteiger partial charge in [-0.05, 0) is 55.3 Å². The molecule has 0 bridgehead atoms. The molecule has 164 valence electrons. The van der Waals surface area contributed by atoms with E-state index < -0.39 is 0 Å². The molecule has 0 spiro atoms. The third-order valence-corrected chi connectivity index (χ3v) is 5.59. The Kier molecular flexibility index (Phi) is 7.41. The maximum absolute atomic E-state index is 13.1. The number of hydrogen-bond donors (Lipinski definition) is 2. The van der Waals surface area contributed by atoms with E-state index in [4.69, 9.17) is 0 Å². The first-order valence-corrected chi connectivity index (χ1v) is 10.6. The number of likely N-dealkylation sites (N-methyl/N-ethyl adjacent to an activating group) is 1. The molecule has 1 atom stereocenters. The van der Waals surface area contributed by atoms with Crippen LogP contribution >= 0.6 is 0 Å². The van der Waals surface area contributed by atoms with Crippen molar-refractivity contribution in [2.75, 3.05) is 30.3 Å². The maximum Gasteiger partial charge on any atom is 0.239 e. The Labute approximate surface area is 183 Å². The average molecular weight is 423 g/mol. The predicted octanol–water partition coefficient (Wildman–Crippen LogP) is 2.88. The van der Waals surface area contributed by atoms with Crippen LogP contribution in [0.1, 0.15) is 31.9 Å². The highest BCUT2D eigenvalue weighted by atomic mass is 16.2. The van der Waals surface area contributed by atoms with Crippen LogP contribution in [0.5, 0.6) is 0 Å². The Morgan fingerprint density at radius 1 is 1.00 bits per heavy atom. The lowest BCUT2D eigenvalue weighted by atomic mass is 9.99. The lowest BCUT2D eigenvalue weighted by molar-refractivity contribution is -0.137.